The Morgan fingerprint density at radius 2 is 1.21 bits per heavy atom. The van der Waals surface area contributed by atoms with Gasteiger partial charge >= 0.3 is 11.9 Å². The minimum Gasteiger partial charge on any atom is -0.464 e. The maximum Gasteiger partial charge on any atom is 0.359 e. The first-order chi connectivity index (χ1) is 32.4. The highest BCUT2D eigenvalue weighted by Crippen LogP contribution is 2.35. The first-order valence-corrected chi connectivity index (χ1v) is 21.2. The number of hydrogen-bond donors (Lipinski definition) is 2. The van der Waals surface area contributed by atoms with Crippen LogP contribution in [0.5, 0.6) is 0 Å². The van der Waals surface area contributed by atoms with E-state index in [4.69, 9.17) is 21.2 Å². The molecule has 0 bridgehead atoms. The Hall–Kier alpha value is -8.58. The predicted octanol–water partition coefficient (Wildman–Crippen LogP) is 6.35. The highest BCUT2D eigenvalue weighted by Gasteiger charge is 2.37. The Morgan fingerprint density at radius 3 is 1.72 bits per heavy atom. The summed E-state index contributed by atoms with van der Waals surface area (Å²) in [6, 6.07) is 29.5. The lowest BCUT2D eigenvalue weighted by Crippen LogP contribution is -2.20. The van der Waals surface area contributed by atoms with Gasteiger partial charge in [-0.05, 0) is 85.3 Å². The van der Waals surface area contributed by atoms with Crippen molar-refractivity contribution in [3.63, 3.8) is 0 Å². The number of esters is 2. The average Bonchev–Trinajstić information content (AvgIpc) is 4.14. The first-order valence-electron chi connectivity index (χ1n) is 20.4. The third-order valence-corrected chi connectivity index (χ3v) is 11.5. The Bertz CT molecular complexity index is 3460. The Balaban J connectivity index is 0.000000153. The summed E-state index contributed by atoms with van der Waals surface area (Å²) in [6.45, 7) is 0. The summed E-state index contributed by atoms with van der Waals surface area (Å²) in [4.78, 5) is 40.6. The highest BCUT2D eigenvalue weighted by atomic mass is 79.9. The molecule has 2 aliphatic carbocycles. The van der Waals surface area contributed by atoms with Gasteiger partial charge in [0, 0.05) is 47.0 Å². The molecule has 16 nitrogen and oxygen atoms in total. The fourth-order valence-corrected chi connectivity index (χ4v) is 8.07. The van der Waals surface area contributed by atoms with Gasteiger partial charge in [0.15, 0.2) is 22.6 Å². The topological polar surface area (TPSA) is 228 Å². The van der Waals surface area contributed by atoms with E-state index < -0.39 is 23.1 Å². The number of halogens is 1. The van der Waals surface area contributed by atoms with E-state index in [1.54, 1.807) is 40.0 Å². The number of rotatable bonds is 4. The summed E-state index contributed by atoms with van der Waals surface area (Å²) in [6.07, 6.45) is 14.1. The predicted molar refractivity (Wildman–Crippen MR) is 246 cm³/mol. The second kappa shape index (κ2) is 18.9. The van der Waals surface area contributed by atoms with Crippen molar-refractivity contribution in [2.24, 2.45) is 0 Å². The van der Waals surface area contributed by atoms with Crippen molar-refractivity contribution in [2.75, 3.05) is 14.2 Å². The third kappa shape index (κ3) is 8.94. The minimum absolute atomic E-state index is 0.101. The van der Waals surface area contributed by atoms with Crippen LogP contribution in [-0.4, -0.2) is 75.9 Å². The molecule has 0 spiro atoms. The zero-order chi connectivity index (χ0) is 47.3. The van der Waals surface area contributed by atoms with E-state index in [0.29, 0.717) is 57.3 Å². The van der Waals surface area contributed by atoms with Gasteiger partial charge in [0.2, 0.25) is 0 Å². The molecular formula is C50H35BrN10O6. The lowest BCUT2D eigenvalue weighted by atomic mass is 10.0. The molecule has 0 saturated heterocycles. The summed E-state index contributed by atoms with van der Waals surface area (Å²) >= 11 is 3.40. The van der Waals surface area contributed by atoms with Crippen LogP contribution in [0.25, 0.3) is 33.2 Å². The molecular weight excluding hydrogens is 917 g/mol. The van der Waals surface area contributed by atoms with Crippen molar-refractivity contribution in [3.8, 4) is 47.7 Å². The fraction of sp³-hybridized carbons (Fsp3) is 0.160. The van der Waals surface area contributed by atoms with E-state index in [1.807, 2.05) is 78.9 Å². The molecule has 0 aliphatic heterocycles. The van der Waals surface area contributed by atoms with Crippen LogP contribution < -0.4 is 0 Å². The number of aromatic nitrogens is 8. The van der Waals surface area contributed by atoms with Crippen LogP contribution in [-0.2, 0) is 33.5 Å². The van der Waals surface area contributed by atoms with E-state index in [0.717, 1.165) is 34.1 Å². The summed E-state index contributed by atoms with van der Waals surface area (Å²) < 4.78 is 13.6. The van der Waals surface area contributed by atoms with Gasteiger partial charge in [-0.2, -0.15) is 20.7 Å². The number of methoxy groups -OCH3 is 2. The van der Waals surface area contributed by atoms with Gasteiger partial charge in [-0.15, -0.1) is 6.42 Å². The molecule has 2 unspecified atom stereocenters. The van der Waals surface area contributed by atoms with Crippen LogP contribution in [0.2, 0.25) is 0 Å². The molecule has 2 aromatic carbocycles. The van der Waals surface area contributed by atoms with Crippen molar-refractivity contribution >= 4 is 49.7 Å². The van der Waals surface area contributed by atoms with E-state index >= 15 is 0 Å². The monoisotopic (exact) mass is 950 g/mol. The number of pyridine rings is 4. The zero-order valence-electron chi connectivity index (χ0n) is 35.7. The third-order valence-electron chi connectivity index (χ3n) is 11.0. The quantitative estimate of drug-likeness (QED) is 0.145. The Kier molecular flexibility index (Phi) is 12.7. The van der Waals surface area contributed by atoms with E-state index in [9.17, 15) is 25.1 Å². The average molecular weight is 952 g/mol. The fourth-order valence-electron chi connectivity index (χ4n) is 7.69. The second-order valence-electron chi connectivity index (χ2n) is 15.1. The van der Waals surface area contributed by atoms with Crippen molar-refractivity contribution in [1.82, 2.24) is 39.5 Å². The lowest BCUT2D eigenvalue weighted by molar-refractivity contribution is 0.0587. The summed E-state index contributed by atoms with van der Waals surface area (Å²) in [5.74, 6) is 7.27. The summed E-state index contributed by atoms with van der Waals surface area (Å²) in [5.41, 5.74) is 4.84. The van der Waals surface area contributed by atoms with Crippen LogP contribution in [0.1, 0.15) is 73.3 Å². The number of aliphatic hydroxyl groups is 2. The maximum absolute atomic E-state index is 12.2. The van der Waals surface area contributed by atoms with Gasteiger partial charge in [-0.3, -0.25) is 9.97 Å². The second-order valence-corrected chi connectivity index (χ2v) is 16.0. The smallest absolute Gasteiger partial charge is 0.359 e. The van der Waals surface area contributed by atoms with Gasteiger partial charge in [-0.25, -0.2) is 28.9 Å². The van der Waals surface area contributed by atoms with Crippen LogP contribution in [0.4, 0.5) is 0 Å². The lowest BCUT2D eigenvalue weighted by Gasteiger charge is -2.15. The highest BCUT2D eigenvalue weighted by molar-refractivity contribution is 9.10. The molecule has 328 valence electrons. The van der Waals surface area contributed by atoms with Crippen LogP contribution in [0, 0.1) is 46.8 Å². The SMILES string of the molecule is C#CC1(O)CCc2cccnc21.COC(=O)c1nn(-c2cccc(Br)c2)c2cc(C#N)ncc12.COC(=O)c1nn(-c2cccc(C#CC3(O)CCc4cccnc43)c2)c2cc(C#N)ncc12. The zero-order valence-corrected chi connectivity index (χ0v) is 37.3. The number of aryl methyl sites for hydroxylation is 2. The molecule has 17 heteroatoms. The molecule has 6 heterocycles. The molecule has 2 N–H and O–H groups in total. The van der Waals surface area contributed by atoms with Crippen molar-refractivity contribution in [1.29, 1.82) is 10.5 Å². The van der Waals surface area contributed by atoms with E-state index in [1.165, 1.54) is 26.6 Å². The number of nitriles is 2. The van der Waals surface area contributed by atoms with E-state index in [-0.39, 0.29) is 22.8 Å². The van der Waals surface area contributed by atoms with Crippen molar-refractivity contribution in [2.45, 2.75) is 36.9 Å². The number of fused-ring (bicyclic) bond motifs is 4. The standard InChI is InChI=1S/C25H17N5O3.C15H9BrN4O2.C10H9NO/c1-33-24(31)22-20-15-28-18(14-26)13-21(20)30(29-22)19-6-2-4-16(12-19)7-9-25(32)10-8-17-5-3-11-27-23(17)25;1-22-15(21)14-12-8-18-10(7-17)6-13(12)20(19-14)11-4-2-3-9(16)5-11;1-2-10(12)6-5-8-4-3-7-11-9(8)10/h2-6,11-13,15,32H,8,10H2,1H3;2-6,8H,1H3;1,3-4,7,12H,5-6H2. The molecule has 10 rings (SSSR count). The summed E-state index contributed by atoms with van der Waals surface area (Å²) in [5, 5.41) is 48.9. The largest absolute Gasteiger partial charge is 0.464 e. The molecule has 2 atom stereocenters. The van der Waals surface area contributed by atoms with Gasteiger partial charge in [0.05, 0.1) is 58.8 Å². The van der Waals surface area contributed by atoms with Crippen molar-refractivity contribution < 1.29 is 29.3 Å². The molecule has 6 aromatic heterocycles. The van der Waals surface area contributed by atoms with Gasteiger partial charge in [0.25, 0.3) is 0 Å². The number of ether oxygens (including phenoxy) is 2. The number of hydrogen-bond acceptors (Lipinski definition) is 14. The summed E-state index contributed by atoms with van der Waals surface area (Å²) in [7, 11) is 2.57. The number of carbonyl (C=O) groups excluding carboxylic acids is 2. The van der Waals surface area contributed by atoms with Crippen LogP contribution in [0.3, 0.4) is 0 Å². The number of benzene rings is 2. The van der Waals surface area contributed by atoms with E-state index in [2.05, 4.69) is 63.8 Å². The molecule has 0 amide bonds. The van der Waals surface area contributed by atoms with Gasteiger partial charge in [0.1, 0.15) is 23.5 Å². The number of carbonyl (C=O) groups is 2. The van der Waals surface area contributed by atoms with Gasteiger partial charge < -0.3 is 19.7 Å². The minimum atomic E-state index is -1.30. The number of terminal acetylenes is 1. The Morgan fingerprint density at radius 1 is 0.701 bits per heavy atom. The number of nitrogens with zero attached hydrogens (tertiary/aromatic N) is 10. The maximum atomic E-state index is 12.2. The molecule has 0 fully saturated rings. The molecule has 2 aliphatic rings. The van der Waals surface area contributed by atoms with Crippen LogP contribution >= 0.6 is 15.9 Å². The normalized spacial score (nSPS) is 16.3. The molecule has 0 radical (unpaired) electrons. The van der Waals surface area contributed by atoms with Crippen LogP contribution in [0.15, 0.2) is 114 Å². The molecule has 67 heavy (non-hydrogen) atoms. The first kappa shape index (κ1) is 45.0. The van der Waals surface area contributed by atoms with Gasteiger partial charge in [-0.1, -0.05) is 58.0 Å². The molecule has 0 saturated carbocycles. The van der Waals surface area contributed by atoms with Crippen molar-refractivity contribution in [3.05, 3.63) is 165 Å². The molecule has 8 aromatic rings. The Labute approximate surface area is 391 Å².